The van der Waals surface area contributed by atoms with Gasteiger partial charge in [-0.05, 0) is 52.9 Å². The van der Waals surface area contributed by atoms with Crippen molar-refractivity contribution in [1.29, 1.82) is 0 Å². The Balaban J connectivity index is 1.73. The Morgan fingerprint density at radius 2 is 1.88 bits per heavy atom. The first kappa shape index (κ1) is 16.9. The molecule has 0 aliphatic heterocycles. The predicted molar refractivity (Wildman–Crippen MR) is 94.5 cm³/mol. The molecule has 1 heterocycles. The minimum atomic E-state index is -0.293. The highest BCUT2D eigenvalue weighted by molar-refractivity contribution is 9.10. The Hall–Kier alpha value is -1.96. The van der Waals surface area contributed by atoms with E-state index in [4.69, 9.17) is 23.2 Å². The van der Waals surface area contributed by atoms with Gasteiger partial charge in [0, 0.05) is 10.0 Å². The lowest BCUT2D eigenvalue weighted by atomic mass is 10.2. The lowest BCUT2D eigenvalue weighted by molar-refractivity contribution is 0.0949. The van der Waals surface area contributed by atoms with Crippen molar-refractivity contribution in [3.63, 3.8) is 0 Å². The third kappa shape index (κ3) is 3.75. The Labute approximate surface area is 155 Å². The van der Waals surface area contributed by atoms with Crippen LogP contribution in [0.1, 0.15) is 16.2 Å². The summed E-state index contributed by atoms with van der Waals surface area (Å²) in [5.41, 5.74) is 1.20. The smallest absolute Gasteiger partial charge is 0.251 e. The molecular weight excluding hydrogens is 417 g/mol. The molecule has 0 aliphatic carbocycles. The van der Waals surface area contributed by atoms with Crippen LogP contribution in [0.15, 0.2) is 46.9 Å². The molecule has 122 valence electrons. The lowest BCUT2D eigenvalue weighted by Gasteiger charge is -2.07. The van der Waals surface area contributed by atoms with Crippen molar-refractivity contribution in [2.45, 2.75) is 6.54 Å². The van der Waals surface area contributed by atoms with Crippen LogP contribution in [0.3, 0.4) is 0 Å². The molecule has 0 spiro atoms. The summed E-state index contributed by atoms with van der Waals surface area (Å²) in [6, 6.07) is 12.2. The first-order valence-corrected chi connectivity index (χ1v) is 8.36. The highest BCUT2D eigenvalue weighted by atomic mass is 79.9. The van der Waals surface area contributed by atoms with Gasteiger partial charge in [-0.25, -0.2) is 0 Å². The second-order valence-corrected chi connectivity index (χ2v) is 6.52. The summed E-state index contributed by atoms with van der Waals surface area (Å²) >= 11 is 15.1. The Morgan fingerprint density at radius 3 is 2.58 bits per heavy atom. The van der Waals surface area contributed by atoms with Gasteiger partial charge in [0.1, 0.15) is 0 Å². The van der Waals surface area contributed by atoms with E-state index < -0.39 is 0 Å². The minimum Gasteiger partial charge on any atom is -0.345 e. The molecular formula is C15H10BrCl2N5O. The number of carbonyl (C=O) groups excluding carboxylic acids is 1. The van der Waals surface area contributed by atoms with E-state index in [1.54, 1.807) is 16.8 Å². The first-order chi connectivity index (χ1) is 11.5. The molecule has 0 radical (unpaired) electrons. The number of halogens is 3. The fourth-order valence-electron chi connectivity index (χ4n) is 2.00. The van der Waals surface area contributed by atoms with Gasteiger partial charge in [0.25, 0.3) is 5.91 Å². The molecule has 1 amide bonds. The van der Waals surface area contributed by atoms with Crippen LogP contribution in [0.4, 0.5) is 0 Å². The molecule has 9 heteroatoms. The lowest BCUT2D eigenvalue weighted by Crippen LogP contribution is -2.24. The molecule has 0 saturated carbocycles. The first-order valence-electron chi connectivity index (χ1n) is 6.81. The van der Waals surface area contributed by atoms with Gasteiger partial charge in [-0.15, -0.1) is 5.10 Å². The van der Waals surface area contributed by atoms with E-state index in [0.717, 1.165) is 10.2 Å². The Morgan fingerprint density at radius 1 is 1.12 bits per heavy atom. The molecule has 2 aromatic carbocycles. The summed E-state index contributed by atoms with van der Waals surface area (Å²) in [7, 11) is 0. The van der Waals surface area contributed by atoms with Gasteiger partial charge < -0.3 is 5.32 Å². The number of hydrogen-bond donors (Lipinski definition) is 1. The molecule has 0 atom stereocenters. The second-order valence-electron chi connectivity index (χ2n) is 4.79. The molecule has 3 rings (SSSR count). The van der Waals surface area contributed by atoms with Crippen molar-refractivity contribution in [3.8, 4) is 5.69 Å². The van der Waals surface area contributed by atoms with Gasteiger partial charge in [0.05, 0.1) is 22.3 Å². The summed E-state index contributed by atoms with van der Waals surface area (Å²) in [5.74, 6) is 0.213. The zero-order valence-corrected chi connectivity index (χ0v) is 15.2. The summed E-state index contributed by atoms with van der Waals surface area (Å²) in [6.07, 6.45) is 0. The van der Waals surface area contributed by atoms with E-state index >= 15 is 0 Å². The maximum Gasteiger partial charge on any atom is 0.251 e. The summed E-state index contributed by atoms with van der Waals surface area (Å²) in [6.45, 7) is 0.169. The molecule has 24 heavy (non-hydrogen) atoms. The Kier molecular flexibility index (Phi) is 5.13. The topological polar surface area (TPSA) is 72.7 Å². The second kappa shape index (κ2) is 7.29. The molecule has 1 aromatic heterocycles. The quantitative estimate of drug-likeness (QED) is 0.690. The zero-order valence-electron chi connectivity index (χ0n) is 12.1. The van der Waals surface area contributed by atoms with Crippen molar-refractivity contribution in [3.05, 3.63) is 68.4 Å². The maximum absolute atomic E-state index is 12.2. The molecule has 0 fully saturated rings. The van der Waals surface area contributed by atoms with E-state index in [0.29, 0.717) is 21.4 Å². The third-order valence-corrected chi connectivity index (χ3v) is 4.46. The average molecular weight is 427 g/mol. The van der Waals surface area contributed by atoms with E-state index in [9.17, 15) is 4.79 Å². The SMILES string of the molecule is O=C(NCc1nnnn1-c1ccc(Br)cc1)c1ccc(Cl)c(Cl)c1. The molecule has 0 saturated heterocycles. The summed E-state index contributed by atoms with van der Waals surface area (Å²) < 4.78 is 2.51. The number of carbonyl (C=O) groups is 1. The van der Waals surface area contributed by atoms with Crippen LogP contribution < -0.4 is 5.32 Å². The number of amides is 1. The zero-order chi connectivity index (χ0) is 17.1. The van der Waals surface area contributed by atoms with Crippen LogP contribution in [0.25, 0.3) is 5.69 Å². The molecule has 0 bridgehead atoms. The average Bonchev–Trinajstić information content (AvgIpc) is 3.04. The number of rotatable bonds is 4. The van der Waals surface area contributed by atoms with E-state index in [1.165, 1.54) is 6.07 Å². The van der Waals surface area contributed by atoms with Crippen LogP contribution >= 0.6 is 39.1 Å². The van der Waals surface area contributed by atoms with Crippen molar-refractivity contribution in [2.75, 3.05) is 0 Å². The highest BCUT2D eigenvalue weighted by Crippen LogP contribution is 2.22. The van der Waals surface area contributed by atoms with Crippen molar-refractivity contribution in [1.82, 2.24) is 25.5 Å². The minimum absolute atomic E-state index is 0.169. The predicted octanol–water partition coefficient (Wildman–Crippen LogP) is 3.66. The van der Waals surface area contributed by atoms with E-state index in [1.807, 2.05) is 24.3 Å². The van der Waals surface area contributed by atoms with Crippen LogP contribution in [0.2, 0.25) is 10.0 Å². The van der Waals surface area contributed by atoms with Gasteiger partial charge in [-0.1, -0.05) is 39.1 Å². The number of tetrazole rings is 1. The van der Waals surface area contributed by atoms with E-state index in [-0.39, 0.29) is 12.5 Å². The van der Waals surface area contributed by atoms with Crippen LogP contribution in [-0.2, 0) is 6.54 Å². The van der Waals surface area contributed by atoms with E-state index in [2.05, 4.69) is 36.8 Å². The number of nitrogens with zero attached hydrogens (tertiary/aromatic N) is 4. The van der Waals surface area contributed by atoms with Gasteiger partial charge in [-0.2, -0.15) is 4.68 Å². The number of hydrogen-bond acceptors (Lipinski definition) is 4. The fraction of sp³-hybridized carbons (Fsp3) is 0.0667. The van der Waals surface area contributed by atoms with Crippen molar-refractivity contribution >= 4 is 45.0 Å². The molecule has 0 aliphatic rings. The third-order valence-electron chi connectivity index (χ3n) is 3.19. The molecule has 3 aromatic rings. The van der Waals surface area contributed by atoms with Crippen molar-refractivity contribution < 1.29 is 4.79 Å². The van der Waals surface area contributed by atoms with Crippen molar-refractivity contribution in [2.24, 2.45) is 0 Å². The van der Waals surface area contributed by atoms with Gasteiger partial charge in [-0.3, -0.25) is 4.79 Å². The molecule has 0 unspecified atom stereocenters. The number of aromatic nitrogens is 4. The Bertz CT molecular complexity index is 882. The molecule has 6 nitrogen and oxygen atoms in total. The van der Waals surface area contributed by atoms with Gasteiger partial charge >= 0.3 is 0 Å². The summed E-state index contributed by atoms with van der Waals surface area (Å²) in [4.78, 5) is 12.2. The number of benzene rings is 2. The van der Waals surface area contributed by atoms with Crippen LogP contribution in [-0.4, -0.2) is 26.1 Å². The molecule has 1 N–H and O–H groups in total. The standard InChI is InChI=1S/C15H10BrCl2N5O/c16-10-2-4-11(5-3-10)23-14(20-21-22-23)8-19-15(24)9-1-6-12(17)13(18)7-9/h1-7H,8H2,(H,19,24). The maximum atomic E-state index is 12.2. The van der Waals surface area contributed by atoms with Gasteiger partial charge in [0.15, 0.2) is 5.82 Å². The van der Waals surface area contributed by atoms with Crippen LogP contribution in [0.5, 0.6) is 0 Å². The fourth-order valence-corrected chi connectivity index (χ4v) is 2.56. The highest BCUT2D eigenvalue weighted by Gasteiger charge is 2.12. The summed E-state index contributed by atoms with van der Waals surface area (Å²) in [5, 5.41) is 15.0. The van der Waals surface area contributed by atoms with Gasteiger partial charge in [0.2, 0.25) is 0 Å². The largest absolute Gasteiger partial charge is 0.345 e. The normalized spacial score (nSPS) is 10.6. The van der Waals surface area contributed by atoms with Crippen LogP contribution in [0, 0.1) is 0 Å². The number of nitrogens with one attached hydrogen (secondary N) is 1. The monoisotopic (exact) mass is 425 g/mol.